The summed E-state index contributed by atoms with van der Waals surface area (Å²) in [6.45, 7) is 6.49. The maximum Gasteiger partial charge on any atom is 0.335 e. The fourth-order valence-corrected chi connectivity index (χ4v) is 2.29. The molecule has 1 aromatic rings. The molecule has 0 radical (unpaired) electrons. The molecule has 0 saturated heterocycles. The Labute approximate surface area is 110 Å². The molecule has 1 unspecified atom stereocenters. The van der Waals surface area contributed by atoms with Crippen LogP contribution in [0, 0.1) is 5.92 Å². The van der Waals surface area contributed by atoms with Gasteiger partial charge in [-0.05, 0) is 53.4 Å². The molecule has 1 rings (SSSR count). The largest absolute Gasteiger partial charge is 0.478 e. The highest BCUT2D eigenvalue weighted by atomic mass is 79.9. The summed E-state index contributed by atoms with van der Waals surface area (Å²) < 4.78 is 0.785. The van der Waals surface area contributed by atoms with Gasteiger partial charge in [0.15, 0.2) is 0 Å². The lowest BCUT2D eigenvalue weighted by Gasteiger charge is -2.18. The van der Waals surface area contributed by atoms with Gasteiger partial charge in [0.05, 0.1) is 5.56 Å². The normalized spacial score (nSPS) is 12.5. The molecule has 2 N–H and O–H groups in total. The Morgan fingerprint density at radius 2 is 2.06 bits per heavy atom. The van der Waals surface area contributed by atoms with Gasteiger partial charge >= 0.3 is 5.97 Å². The number of aromatic carboxylic acids is 1. The van der Waals surface area contributed by atoms with Crippen LogP contribution in [0.15, 0.2) is 22.7 Å². The van der Waals surface area contributed by atoms with E-state index in [2.05, 4.69) is 42.0 Å². The number of carboxylic acid groups (broad SMARTS) is 1. The minimum atomic E-state index is -0.910. The Morgan fingerprint density at radius 3 is 2.53 bits per heavy atom. The van der Waals surface area contributed by atoms with E-state index in [4.69, 9.17) is 5.11 Å². The van der Waals surface area contributed by atoms with Gasteiger partial charge in [0.25, 0.3) is 0 Å². The van der Waals surface area contributed by atoms with Crippen molar-refractivity contribution in [1.82, 2.24) is 0 Å². The van der Waals surface area contributed by atoms with Gasteiger partial charge in [-0.1, -0.05) is 13.8 Å². The average Bonchev–Trinajstić information content (AvgIpc) is 2.19. The molecule has 0 aliphatic heterocycles. The topological polar surface area (TPSA) is 49.3 Å². The highest BCUT2D eigenvalue weighted by Gasteiger charge is 2.09. The molecule has 3 nitrogen and oxygen atoms in total. The maximum absolute atomic E-state index is 10.8. The van der Waals surface area contributed by atoms with Gasteiger partial charge in [-0.3, -0.25) is 0 Å². The first-order valence-corrected chi connectivity index (χ1v) is 6.48. The van der Waals surface area contributed by atoms with Gasteiger partial charge in [0.2, 0.25) is 0 Å². The highest BCUT2D eigenvalue weighted by molar-refractivity contribution is 9.10. The molecular weight excluding hydrogens is 282 g/mol. The molecule has 0 bridgehead atoms. The number of carboxylic acids is 1. The smallest absolute Gasteiger partial charge is 0.335 e. The average molecular weight is 300 g/mol. The van der Waals surface area contributed by atoms with Gasteiger partial charge in [-0.15, -0.1) is 0 Å². The van der Waals surface area contributed by atoms with Crippen LogP contribution >= 0.6 is 15.9 Å². The standard InChI is InChI=1S/C13H18BrNO2/c1-8(2)6-9(3)15-12-5-4-10(13(16)17)7-11(12)14/h4-5,7-9,15H,6H2,1-3H3,(H,16,17). The molecule has 0 aromatic heterocycles. The van der Waals surface area contributed by atoms with Gasteiger partial charge in [-0.2, -0.15) is 0 Å². The molecule has 0 fully saturated rings. The molecule has 17 heavy (non-hydrogen) atoms. The van der Waals surface area contributed by atoms with Crippen LogP contribution in [0.1, 0.15) is 37.6 Å². The van der Waals surface area contributed by atoms with Crippen LogP contribution in [0.3, 0.4) is 0 Å². The lowest BCUT2D eigenvalue weighted by atomic mass is 10.0. The first kappa shape index (κ1) is 14.0. The minimum absolute atomic E-state index is 0.291. The number of rotatable bonds is 5. The van der Waals surface area contributed by atoms with Crippen LogP contribution < -0.4 is 5.32 Å². The lowest BCUT2D eigenvalue weighted by molar-refractivity contribution is 0.0697. The number of nitrogens with one attached hydrogen (secondary N) is 1. The van der Waals surface area contributed by atoms with E-state index in [0.29, 0.717) is 17.5 Å². The molecule has 0 heterocycles. The van der Waals surface area contributed by atoms with Crippen LogP contribution in [-0.4, -0.2) is 17.1 Å². The molecule has 0 spiro atoms. The van der Waals surface area contributed by atoms with Gasteiger partial charge < -0.3 is 10.4 Å². The van der Waals surface area contributed by atoms with Crippen LogP contribution in [0.5, 0.6) is 0 Å². The van der Waals surface area contributed by atoms with Crippen molar-refractivity contribution in [2.45, 2.75) is 33.2 Å². The van der Waals surface area contributed by atoms with E-state index in [-0.39, 0.29) is 0 Å². The van der Waals surface area contributed by atoms with E-state index in [0.717, 1.165) is 16.6 Å². The quantitative estimate of drug-likeness (QED) is 0.864. The van der Waals surface area contributed by atoms with E-state index >= 15 is 0 Å². The number of hydrogen-bond acceptors (Lipinski definition) is 2. The fraction of sp³-hybridized carbons (Fsp3) is 0.462. The molecule has 1 aromatic carbocycles. The summed E-state index contributed by atoms with van der Waals surface area (Å²) in [5, 5.41) is 12.2. The van der Waals surface area contributed by atoms with Crippen molar-refractivity contribution >= 4 is 27.6 Å². The van der Waals surface area contributed by atoms with Crippen LogP contribution in [0.25, 0.3) is 0 Å². The molecule has 0 amide bonds. The van der Waals surface area contributed by atoms with Gasteiger partial charge in [0.1, 0.15) is 0 Å². The van der Waals surface area contributed by atoms with E-state index in [9.17, 15) is 4.79 Å². The van der Waals surface area contributed by atoms with Gasteiger partial charge in [0, 0.05) is 16.2 Å². The minimum Gasteiger partial charge on any atom is -0.478 e. The van der Waals surface area contributed by atoms with Crippen molar-refractivity contribution < 1.29 is 9.90 Å². The molecule has 94 valence electrons. The van der Waals surface area contributed by atoms with Crippen LogP contribution in [-0.2, 0) is 0 Å². The van der Waals surface area contributed by atoms with Crippen molar-refractivity contribution in [2.75, 3.05) is 5.32 Å². The Morgan fingerprint density at radius 1 is 1.41 bits per heavy atom. The molecule has 0 aliphatic carbocycles. The van der Waals surface area contributed by atoms with Crippen molar-refractivity contribution in [3.63, 3.8) is 0 Å². The summed E-state index contributed by atoms with van der Waals surface area (Å²) >= 11 is 3.38. The monoisotopic (exact) mass is 299 g/mol. The third-order valence-corrected chi connectivity index (χ3v) is 3.10. The zero-order valence-corrected chi connectivity index (χ0v) is 11.9. The maximum atomic E-state index is 10.8. The second kappa shape index (κ2) is 6.05. The van der Waals surface area contributed by atoms with Crippen LogP contribution in [0.4, 0.5) is 5.69 Å². The molecule has 0 saturated carbocycles. The number of hydrogen-bond donors (Lipinski definition) is 2. The Balaban J connectivity index is 2.75. The summed E-state index contributed by atoms with van der Waals surface area (Å²) in [5.74, 6) is -0.276. The van der Waals surface area contributed by atoms with E-state index in [1.54, 1.807) is 18.2 Å². The first-order valence-electron chi connectivity index (χ1n) is 5.69. The first-order chi connectivity index (χ1) is 7.90. The second-order valence-electron chi connectivity index (χ2n) is 4.67. The summed E-state index contributed by atoms with van der Waals surface area (Å²) in [6, 6.07) is 5.39. The molecule has 4 heteroatoms. The second-order valence-corrected chi connectivity index (χ2v) is 5.53. The predicted molar refractivity (Wildman–Crippen MR) is 73.6 cm³/mol. The zero-order valence-electron chi connectivity index (χ0n) is 10.3. The molecule has 0 aliphatic rings. The van der Waals surface area contributed by atoms with Crippen molar-refractivity contribution in [3.8, 4) is 0 Å². The lowest BCUT2D eigenvalue weighted by Crippen LogP contribution is -2.17. The van der Waals surface area contributed by atoms with E-state index < -0.39 is 5.97 Å². The van der Waals surface area contributed by atoms with Crippen molar-refractivity contribution in [3.05, 3.63) is 28.2 Å². The third-order valence-electron chi connectivity index (χ3n) is 2.44. The van der Waals surface area contributed by atoms with Crippen molar-refractivity contribution in [1.29, 1.82) is 0 Å². The van der Waals surface area contributed by atoms with Crippen LogP contribution in [0.2, 0.25) is 0 Å². The van der Waals surface area contributed by atoms with E-state index in [1.807, 2.05) is 0 Å². The van der Waals surface area contributed by atoms with Gasteiger partial charge in [-0.25, -0.2) is 4.79 Å². The number of carbonyl (C=O) groups is 1. The molecule has 1 atom stereocenters. The highest BCUT2D eigenvalue weighted by Crippen LogP contribution is 2.25. The summed E-state index contributed by atoms with van der Waals surface area (Å²) in [6.07, 6.45) is 1.08. The fourth-order valence-electron chi connectivity index (χ4n) is 1.80. The Bertz CT molecular complexity index is 404. The Hall–Kier alpha value is -1.03. The number of halogens is 1. The number of benzene rings is 1. The SMILES string of the molecule is CC(C)CC(C)Nc1ccc(C(=O)O)cc1Br. The summed E-state index contributed by atoms with van der Waals surface area (Å²) in [7, 11) is 0. The summed E-state index contributed by atoms with van der Waals surface area (Å²) in [5.41, 5.74) is 1.22. The van der Waals surface area contributed by atoms with Crippen molar-refractivity contribution in [2.24, 2.45) is 5.92 Å². The number of anilines is 1. The predicted octanol–water partition coefficient (Wildman–Crippen LogP) is 3.99. The summed E-state index contributed by atoms with van der Waals surface area (Å²) in [4.78, 5) is 10.8. The molecular formula is C13H18BrNO2. The van der Waals surface area contributed by atoms with E-state index in [1.165, 1.54) is 0 Å². The zero-order chi connectivity index (χ0) is 13.0. The Kier molecular flexibility index (Phi) is 5.00. The third kappa shape index (κ3) is 4.38.